The smallest absolute Gasteiger partial charge is 0.0714 e. The number of para-hydroxylation sites is 5. The number of anilines is 6. The lowest BCUT2D eigenvalue weighted by atomic mass is 9.67. The molecule has 0 unspecified atom stereocenters. The van der Waals surface area contributed by atoms with E-state index in [0.29, 0.717) is 0 Å². The fraction of sp³-hybridized carbons (Fsp3) is 0.0164. The van der Waals surface area contributed by atoms with E-state index in [1.165, 1.54) is 44.2 Å². The van der Waals surface area contributed by atoms with Crippen LogP contribution in [0.3, 0.4) is 0 Å². The van der Waals surface area contributed by atoms with Gasteiger partial charge in [0.1, 0.15) is 0 Å². The van der Waals surface area contributed by atoms with Gasteiger partial charge in [-0.25, -0.2) is 0 Å². The topological polar surface area (TPSA) is 11.4 Å². The average Bonchev–Trinajstić information content (AvgIpc) is 3.85. The second kappa shape index (κ2) is 15.5. The molecule has 0 N–H and O–H groups in total. The minimum absolute atomic E-state index is 0.536. The second-order valence-corrected chi connectivity index (χ2v) is 16.5. The quantitative estimate of drug-likeness (QED) is 0.144. The molecule has 0 fully saturated rings. The highest BCUT2D eigenvalue weighted by atomic mass is 15.2. The Morgan fingerprint density at radius 2 is 0.703 bits per heavy atom. The number of aromatic nitrogens is 1. The zero-order valence-corrected chi connectivity index (χ0v) is 35.2. The van der Waals surface area contributed by atoms with Gasteiger partial charge in [0, 0.05) is 33.5 Å². The molecule has 0 bridgehead atoms. The third kappa shape index (κ3) is 5.97. The highest BCUT2D eigenvalue weighted by Gasteiger charge is 2.46. The van der Waals surface area contributed by atoms with Gasteiger partial charge >= 0.3 is 0 Å². The summed E-state index contributed by atoms with van der Waals surface area (Å²) in [5, 5.41) is 2.44. The van der Waals surface area contributed by atoms with E-state index in [4.69, 9.17) is 0 Å². The molecule has 0 saturated heterocycles. The summed E-state index contributed by atoms with van der Waals surface area (Å²) in [6.45, 7) is 0. The van der Waals surface area contributed by atoms with E-state index >= 15 is 0 Å². The zero-order valence-electron chi connectivity index (χ0n) is 35.2. The summed E-state index contributed by atoms with van der Waals surface area (Å²) in [5.41, 5.74) is 16.9. The fourth-order valence-corrected chi connectivity index (χ4v) is 10.4. The average molecular weight is 818 g/mol. The summed E-state index contributed by atoms with van der Waals surface area (Å²) >= 11 is 0. The van der Waals surface area contributed by atoms with Gasteiger partial charge in [-0.15, -0.1) is 0 Å². The van der Waals surface area contributed by atoms with Crippen LogP contribution in [-0.4, -0.2) is 4.57 Å². The van der Waals surface area contributed by atoms with Crippen molar-refractivity contribution >= 4 is 55.9 Å². The number of rotatable bonds is 9. The second-order valence-electron chi connectivity index (χ2n) is 16.5. The minimum atomic E-state index is -0.536. The van der Waals surface area contributed by atoms with Crippen molar-refractivity contribution in [1.82, 2.24) is 4.57 Å². The van der Waals surface area contributed by atoms with Crippen LogP contribution in [0.4, 0.5) is 34.1 Å². The molecular formula is C61H43N3. The predicted octanol–water partition coefficient (Wildman–Crippen LogP) is 16.1. The molecule has 11 aromatic rings. The Labute approximate surface area is 374 Å². The number of fused-ring (bicyclic) bond motifs is 6. The molecule has 0 saturated carbocycles. The summed E-state index contributed by atoms with van der Waals surface area (Å²) in [6.07, 6.45) is 0. The molecule has 302 valence electrons. The van der Waals surface area contributed by atoms with Gasteiger partial charge in [-0.05, 0) is 118 Å². The summed E-state index contributed by atoms with van der Waals surface area (Å²) in [4.78, 5) is 4.75. The van der Waals surface area contributed by atoms with E-state index in [2.05, 4.69) is 275 Å². The summed E-state index contributed by atoms with van der Waals surface area (Å²) in [7, 11) is 0. The molecule has 1 heterocycles. The van der Waals surface area contributed by atoms with E-state index < -0.39 is 5.41 Å². The lowest BCUT2D eigenvalue weighted by molar-refractivity contribution is 0.769. The van der Waals surface area contributed by atoms with Crippen molar-refractivity contribution in [2.24, 2.45) is 0 Å². The monoisotopic (exact) mass is 817 g/mol. The van der Waals surface area contributed by atoms with Gasteiger partial charge in [-0.3, -0.25) is 0 Å². The maximum Gasteiger partial charge on any atom is 0.0714 e. The SMILES string of the molecule is c1ccc(N(c2ccccc2)c2cc(N(c3ccccc3)c3ccccc3)cc(-n3c4ccccc4c4cc5c(cc43)C(c3ccccc3)(c3ccccc3)c3ccccc3-5)c2)cc1. The lowest BCUT2D eigenvalue weighted by Gasteiger charge is -2.34. The fourth-order valence-electron chi connectivity index (χ4n) is 10.4. The molecule has 0 amide bonds. The molecule has 0 atom stereocenters. The molecule has 1 aliphatic rings. The third-order valence-electron chi connectivity index (χ3n) is 13.0. The highest BCUT2D eigenvalue weighted by molar-refractivity contribution is 6.12. The van der Waals surface area contributed by atoms with Crippen molar-refractivity contribution in [1.29, 1.82) is 0 Å². The summed E-state index contributed by atoms with van der Waals surface area (Å²) in [6, 6.07) is 95.0. The standard InChI is InChI=1S/C61H43N3/c1-7-23-44(24-8-1)61(45-25-9-2-10-26-45)57-37-21-19-35-53(57)55-42-56-54-36-20-22-38-59(54)64(60(56)43-58(55)61)52-40-50(62(46-27-11-3-12-28-46)47-29-13-4-14-30-47)39-51(41-52)63(48-31-15-5-16-32-48)49-33-17-6-18-34-49/h1-43H. The van der Waals surface area contributed by atoms with Gasteiger partial charge in [0.05, 0.1) is 33.5 Å². The first kappa shape index (κ1) is 37.4. The van der Waals surface area contributed by atoms with Gasteiger partial charge in [0.2, 0.25) is 0 Å². The first-order valence-electron chi connectivity index (χ1n) is 22.0. The lowest BCUT2D eigenvalue weighted by Crippen LogP contribution is -2.28. The van der Waals surface area contributed by atoms with Crippen LogP contribution in [0.25, 0.3) is 38.6 Å². The Morgan fingerprint density at radius 1 is 0.281 bits per heavy atom. The van der Waals surface area contributed by atoms with Crippen molar-refractivity contribution in [3.05, 3.63) is 283 Å². The Hall–Kier alpha value is -8.40. The van der Waals surface area contributed by atoms with Crippen molar-refractivity contribution in [2.45, 2.75) is 5.41 Å². The summed E-state index contributed by atoms with van der Waals surface area (Å²) < 4.78 is 2.50. The van der Waals surface area contributed by atoms with Crippen LogP contribution in [0.2, 0.25) is 0 Å². The molecule has 0 radical (unpaired) electrons. The number of hydrogen-bond acceptors (Lipinski definition) is 2. The van der Waals surface area contributed by atoms with Crippen LogP contribution in [0.1, 0.15) is 22.3 Å². The minimum Gasteiger partial charge on any atom is -0.310 e. The van der Waals surface area contributed by atoms with Crippen LogP contribution in [-0.2, 0) is 5.41 Å². The van der Waals surface area contributed by atoms with Crippen molar-refractivity contribution in [3.8, 4) is 16.8 Å². The normalized spacial score (nSPS) is 12.5. The van der Waals surface area contributed by atoms with Gasteiger partial charge in [-0.1, -0.05) is 176 Å². The zero-order chi connectivity index (χ0) is 42.5. The Kier molecular flexibility index (Phi) is 9.05. The van der Waals surface area contributed by atoms with Gasteiger partial charge in [0.15, 0.2) is 0 Å². The van der Waals surface area contributed by atoms with Gasteiger partial charge in [-0.2, -0.15) is 0 Å². The van der Waals surface area contributed by atoms with Gasteiger partial charge in [0.25, 0.3) is 0 Å². The van der Waals surface area contributed by atoms with E-state index in [0.717, 1.165) is 50.8 Å². The van der Waals surface area contributed by atoms with Crippen LogP contribution >= 0.6 is 0 Å². The molecule has 3 heteroatoms. The first-order chi connectivity index (χ1) is 31.8. The summed E-state index contributed by atoms with van der Waals surface area (Å²) in [5.74, 6) is 0. The Morgan fingerprint density at radius 3 is 1.20 bits per heavy atom. The molecular weight excluding hydrogens is 775 g/mol. The molecule has 0 aliphatic heterocycles. The maximum atomic E-state index is 2.51. The highest BCUT2D eigenvalue weighted by Crippen LogP contribution is 2.57. The number of benzene rings is 10. The Balaban J connectivity index is 1.20. The maximum absolute atomic E-state index is 2.51. The molecule has 1 aliphatic carbocycles. The first-order valence-corrected chi connectivity index (χ1v) is 22.0. The van der Waals surface area contributed by atoms with E-state index in [1.807, 2.05) is 0 Å². The molecule has 1 aromatic heterocycles. The predicted molar refractivity (Wildman–Crippen MR) is 267 cm³/mol. The van der Waals surface area contributed by atoms with E-state index in [1.54, 1.807) is 0 Å². The van der Waals surface area contributed by atoms with Crippen LogP contribution in [0.15, 0.2) is 261 Å². The van der Waals surface area contributed by atoms with Crippen LogP contribution in [0, 0.1) is 0 Å². The Bertz CT molecular complexity index is 3200. The number of nitrogens with zero attached hydrogens (tertiary/aromatic N) is 3. The van der Waals surface area contributed by atoms with E-state index in [-0.39, 0.29) is 0 Å². The van der Waals surface area contributed by atoms with Crippen LogP contribution in [0.5, 0.6) is 0 Å². The van der Waals surface area contributed by atoms with Crippen molar-refractivity contribution in [2.75, 3.05) is 9.80 Å². The van der Waals surface area contributed by atoms with Crippen molar-refractivity contribution in [3.63, 3.8) is 0 Å². The molecule has 10 aromatic carbocycles. The largest absolute Gasteiger partial charge is 0.310 e. The molecule has 64 heavy (non-hydrogen) atoms. The van der Waals surface area contributed by atoms with Gasteiger partial charge < -0.3 is 14.4 Å². The molecule has 0 spiro atoms. The van der Waals surface area contributed by atoms with Crippen LogP contribution < -0.4 is 9.80 Å². The number of hydrogen-bond donors (Lipinski definition) is 0. The van der Waals surface area contributed by atoms with E-state index in [9.17, 15) is 0 Å². The molecule has 3 nitrogen and oxygen atoms in total. The molecule has 12 rings (SSSR count). The van der Waals surface area contributed by atoms with Crippen molar-refractivity contribution < 1.29 is 0 Å². The third-order valence-corrected chi connectivity index (χ3v) is 13.0.